The number of nitrogens with one attached hydrogen (secondary N) is 1. The topological polar surface area (TPSA) is 35.5 Å². The van der Waals surface area contributed by atoms with E-state index in [1.54, 1.807) is 0 Å². The minimum atomic E-state index is -0.190. The lowest BCUT2D eigenvalue weighted by atomic mass is 9.80. The van der Waals surface area contributed by atoms with Gasteiger partial charge >= 0.3 is 0 Å². The molecule has 0 aromatic carbocycles. The fourth-order valence-corrected chi connectivity index (χ4v) is 4.12. The monoisotopic (exact) mass is 310 g/mol. The normalized spacial score (nSPS) is 30.4. The van der Waals surface area contributed by atoms with Crippen molar-refractivity contribution in [1.29, 1.82) is 0 Å². The van der Waals surface area contributed by atoms with Gasteiger partial charge in [-0.3, -0.25) is 0 Å². The maximum atomic E-state index is 10.5. The number of rotatable bonds is 5. The van der Waals surface area contributed by atoms with E-state index in [0.717, 1.165) is 25.6 Å². The van der Waals surface area contributed by atoms with Gasteiger partial charge in [-0.1, -0.05) is 47.0 Å². The van der Waals surface area contributed by atoms with Crippen LogP contribution in [0, 0.1) is 11.3 Å². The predicted molar refractivity (Wildman–Crippen MR) is 94.1 cm³/mol. The quantitative estimate of drug-likeness (QED) is 0.817. The highest BCUT2D eigenvalue weighted by Gasteiger charge is 2.32. The van der Waals surface area contributed by atoms with Crippen LogP contribution in [0.15, 0.2) is 0 Å². The third kappa shape index (κ3) is 5.50. The van der Waals surface area contributed by atoms with Crippen LogP contribution >= 0.6 is 0 Å². The Morgan fingerprint density at radius 1 is 1.09 bits per heavy atom. The molecule has 0 aromatic rings. The summed E-state index contributed by atoms with van der Waals surface area (Å²) >= 11 is 0. The lowest BCUT2D eigenvalue weighted by molar-refractivity contribution is 0.0217. The molecule has 0 amide bonds. The molecule has 2 aliphatic rings. The van der Waals surface area contributed by atoms with Crippen LogP contribution < -0.4 is 5.32 Å². The Kier molecular flexibility index (Phi) is 6.73. The Morgan fingerprint density at radius 2 is 1.77 bits per heavy atom. The van der Waals surface area contributed by atoms with E-state index < -0.39 is 0 Å². The summed E-state index contributed by atoms with van der Waals surface area (Å²) < 4.78 is 0. The molecule has 2 rings (SSSR count). The van der Waals surface area contributed by atoms with E-state index >= 15 is 0 Å². The summed E-state index contributed by atoms with van der Waals surface area (Å²) in [6.07, 6.45) is 8.93. The van der Waals surface area contributed by atoms with Gasteiger partial charge in [0.25, 0.3) is 0 Å². The number of nitrogens with zero attached hydrogens (tertiary/aromatic N) is 1. The van der Waals surface area contributed by atoms with Crippen LogP contribution in [0.25, 0.3) is 0 Å². The fourth-order valence-electron chi connectivity index (χ4n) is 4.12. The van der Waals surface area contributed by atoms with Crippen molar-refractivity contribution in [3.63, 3.8) is 0 Å². The second-order valence-electron chi connectivity index (χ2n) is 8.77. The van der Waals surface area contributed by atoms with Crippen molar-refractivity contribution in [2.24, 2.45) is 11.3 Å². The first-order valence-corrected chi connectivity index (χ1v) is 9.55. The van der Waals surface area contributed by atoms with Crippen molar-refractivity contribution in [2.45, 2.75) is 90.8 Å². The SMILES string of the molecule is CCN1CC(CC(O)C(C)(C)C)CC(NC2CCCCC2)C1. The fraction of sp³-hybridized carbons (Fsp3) is 1.00. The molecule has 1 aliphatic carbocycles. The van der Waals surface area contributed by atoms with Crippen molar-refractivity contribution in [2.75, 3.05) is 19.6 Å². The molecular formula is C19H38N2O. The number of likely N-dealkylation sites (N-methyl/N-ethyl adjacent to an activating group) is 1. The van der Waals surface area contributed by atoms with E-state index in [2.05, 4.69) is 37.9 Å². The van der Waals surface area contributed by atoms with Gasteiger partial charge in [-0.15, -0.1) is 0 Å². The van der Waals surface area contributed by atoms with Crippen LogP contribution in [0.1, 0.15) is 72.6 Å². The smallest absolute Gasteiger partial charge is 0.0591 e. The van der Waals surface area contributed by atoms with Crippen molar-refractivity contribution < 1.29 is 5.11 Å². The third-order valence-electron chi connectivity index (χ3n) is 5.69. The van der Waals surface area contributed by atoms with Crippen molar-refractivity contribution in [1.82, 2.24) is 10.2 Å². The lowest BCUT2D eigenvalue weighted by Crippen LogP contribution is -2.52. The summed E-state index contributed by atoms with van der Waals surface area (Å²) in [4.78, 5) is 2.57. The molecule has 0 bridgehead atoms. The highest BCUT2D eigenvalue weighted by atomic mass is 16.3. The van der Waals surface area contributed by atoms with E-state index in [1.165, 1.54) is 45.1 Å². The first kappa shape index (κ1) is 18.2. The summed E-state index contributed by atoms with van der Waals surface area (Å²) in [5.74, 6) is 0.629. The number of aliphatic hydroxyl groups is 1. The van der Waals surface area contributed by atoms with E-state index in [1.807, 2.05) is 0 Å². The summed E-state index contributed by atoms with van der Waals surface area (Å²) in [5.41, 5.74) is 0.000781. The predicted octanol–water partition coefficient (Wildman–Crippen LogP) is 3.42. The summed E-state index contributed by atoms with van der Waals surface area (Å²) in [6.45, 7) is 12.2. The van der Waals surface area contributed by atoms with Crippen LogP contribution in [0.3, 0.4) is 0 Å². The van der Waals surface area contributed by atoms with Crippen LogP contribution in [-0.4, -0.2) is 47.8 Å². The molecule has 2 fully saturated rings. The third-order valence-corrected chi connectivity index (χ3v) is 5.69. The second-order valence-corrected chi connectivity index (χ2v) is 8.77. The van der Waals surface area contributed by atoms with E-state index in [-0.39, 0.29) is 11.5 Å². The average Bonchev–Trinajstić information content (AvgIpc) is 2.47. The Morgan fingerprint density at radius 3 is 2.36 bits per heavy atom. The molecule has 3 heteroatoms. The van der Waals surface area contributed by atoms with Crippen molar-refractivity contribution in [3.05, 3.63) is 0 Å². The minimum absolute atomic E-state index is 0.000781. The Labute approximate surface area is 137 Å². The molecule has 3 unspecified atom stereocenters. The van der Waals surface area contributed by atoms with E-state index in [9.17, 15) is 5.11 Å². The highest BCUT2D eigenvalue weighted by Crippen LogP contribution is 2.29. The molecule has 0 spiro atoms. The van der Waals surface area contributed by atoms with Gasteiger partial charge in [0.2, 0.25) is 0 Å². The maximum absolute atomic E-state index is 10.5. The molecule has 0 radical (unpaired) electrons. The van der Waals surface area contributed by atoms with Crippen molar-refractivity contribution in [3.8, 4) is 0 Å². The zero-order valence-electron chi connectivity index (χ0n) is 15.3. The van der Waals surface area contributed by atoms with Gasteiger partial charge < -0.3 is 15.3 Å². The van der Waals surface area contributed by atoms with Crippen LogP contribution in [0.5, 0.6) is 0 Å². The van der Waals surface area contributed by atoms with Crippen LogP contribution in [-0.2, 0) is 0 Å². The summed E-state index contributed by atoms with van der Waals surface area (Å²) in [7, 11) is 0. The van der Waals surface area contributed by atoms with E-state index in [4.69, 9.17) is 0 Å². The van der Waals surface area contributed by atoms with Gasteiger partial charge in [-0.05, 0) is 43.6 Å². The number of aliphatic hydroxyl groups excluding tert-OH is 1. The molecule has 0 aromatic heterocycles. The Balaban J connectivity index is 1.88. The van der Waals surface area contributed by atoms with Crippen LogP contribution in [0.4, 0.5) is 0 Å². The number of hydrogen-bond acceptors (Lipinski definition) is 3. The van der Waals surface area contributed by atoms with Crippen LogP contribution in [0.2, 0.25) is 0 Å². The Bertz CT molecular complexity index is 320. The first-order valence-electron chi connectivity index (χ1n) is 9.55. The average molecular weight is 311 g/mol. The molecule has 130 valence electrons. The molecular weight excluding hydrogens is 272 g/mol. The summed E-state index contributed by atoms with van der Waals surface area (Å²) in [5, 5.41) is 14.4. The summed E-state index contributed by atoms with van der Waals surface area (Å²) in [6, 6.07) is 1.36. The van der Waals surface area contributed by atoms with Gasteiger partial charge in [-0.25, -0.2) is 0 Å². The molecule has 1 saturated heterocycles. The highest BCUT2D eigenvalue weighted by molar-refractivity contribution is 4.88. The van der Waals surface area contributed by atoms with Gasteiger partial charge in [0.05, 0.1) is 6.10 Å². The molecule has 1 aliphatic heterocycles. The molecule has 1 saturated carbocycles. The number of likely N-dealkylation sites (tertiary alicyclic amines) is 1. The van der Waals surface area contributed by atoms with E-state index in [0.29, 0.717) is 12.0 Å². The zero-order chi connectivity index (χ0) is 16.2. The second kappa shape index (κ2) is 8.12. The van der Waals surface area contributed by atoms with Gasteiger partial charge in [0.1, 0.15) is 0 Å². The molecule has 22 heavy (non-hydrogen) atoms. The lowest BCUT2D eigenvalue weighted by Gasteiger charge is -2.41. The zero-order valence-corrected chi connectivity index (χ0v) is 15.3. The van der Waals surface area contributed by atoms with Gasteiger partial charge in [-0.2, -0.15) is 0 Å². The molecule has 1 heterocycles. The maximum Gasteiger partial charge on any atom is 0.0591 e. The van der Waals surface area contributed by atoms with Gasteiger partial charge in [0.15, 0.2) is 0 Å². The molecule has 3 nitrogen and oxygen atoms in total. The van der Waals surface area contributed by atoms with Gasteiger partial charge in [0, 0.05) is 25.2 Å². The largest absolute Gasteiger partial charge is 0.393 e. The first-order chi connectivity index (χ1) is 10.4. The minimum Gasteiger partial charge on any atom is -0.393 e. The standard InChI is InChI=1S/C19H38N2O/c1-5-21-13-15(12-18(22)19(2,3)4)11-17(14-21)20-16-9-7-6-8-10-16/h15-18,20,22H,5-14H2,1-4H3. The number of piperidine rings is 1. The molecule has 3 atom stereocenters. The Hall–Kier alpha value is -0.120. The number of hydrogen-bond donors (Lipinski definition) is 2. The van der Waals surface area contributed by atoms with Crippen molar-refractivity contribution >= 4 is 0 Å². The molecule has 2 N–H and O–H groups in total.